The van der Waals surface area contributed by atoms with Gasteiger partial charge in [-0.05, 0) is 44.4 Å². The van der Waals surface area contributed by atoms with Gasteiger partial charge in [-0.25, -0.2) is 8.78 Å². The third kappa shape index (κ3) is 3.15. The Morgan fingerprint density at radius 2 is 2.05 bits per heavy atom. The van der Waals surface area contributed by atoms with E-state index in [0.29, 0.717) is 0 Å². The van der Waals surface area contributed by atoms with Crippen LogP contribution in [0.3, 0.4) is 0 Å². The molecule has 1 aromatic rings. The van der Waals surface area contributed by atoms with E-state index in [1.807, 2.05) is 6.92 Å². The normalized spacial score (nSPS) is 24.2. The van der Waals surface area contributed by atoms with E-state index in [1.54, 1.807) is 6.92 Å². The first-order valence-corrected chi connectivity index (χ1v) is 6.98. The van der Waals surface area contributed by atoms with Crippen molar-refractivity contribution in [3.8, 4) is 0 Å². The molecule has 0 aromatic heterocycles. The van der Waals surface area contributed by atoms with E-state index in [-0.39, 0.29) is 23.4 Å². The highest BCUT2D eigenvalue weighted by atomic mass is 19.1. The van der Waals surface area contributed by atoms with E-state index in [0.717, 1.165) is 19.4 Å². The number of hydrogen-bond donors (Lipinski definition) is 2. The first-order valence-electron chi connectivity index (χ1n) is 6.98. The van der Waals surface area contributed by atoms with E-state index >= 15 is 0 Å². The van der Waals surface area contributed by atoms with Crippen LogP contribution in [0.5, 0.6) is 0 Å². The van der Waals surface area contributed by atoms with Crippen LogP contribution in [0.4, 0.5) is 8.78 Å². The zero-order chi connectivity index (χ0) is 14.7. The largest absolute Gasteiger partial charge is 0.348 e. The summed E-state index contributed by atoms with van der Waals surface area (Å²) in [7, 11) is 0. The molecule has 1 saturated heterocycles. The summed E-state index contributed by atoms with van der Waals surface area (Å²) < 4.78 is 27.3. The summed E-state index contributed by atoms with van der Waals surface area (Å²) in [5.41, 5.74) is -0.0932. The smallest absolute Gasteiger partial charge is 0.237 e. The van der Waals surface area contributed by atoms with E-state index in [9.17, 15) is 13.6 Å². The van der Waals surface area contributed by atoms with Gasteiger partial charge >= 0.3 is 0 Å². The highest BCUT2D eigenvalue weighted by Crippen LogP contribution is 2.21. The average molecular weight is 282 g/mol. The van der Waals surface area contributed by atoms with Gasteiger partial charge in [0.25, 0.3) is 0 Å². The number of halogens is 2. The summed E-state index contributed by atoms with van der Waals surface area (Å²) in [6.07, 6.45) is 2.02. The molecule has 3 atom stereocenters. The van der Waals surface area contributed by atoms with Crippen LogP contribution in [0.15, 0.2) is 18.2 Å². The van der Waals surface area contributed by atoms with Crippen LogP contribution in [0.25, 0.3) is 0 Å². The maximum atomic E-state index is 13.7. The highest BCUT2D eigenvalue weighted by Gasteiger charge is 2.29. The average Bonchev–Trinajstić information content (AvgIpc) is 2.38. The summed E-state index contributed by atoms with van der Waals surface area (Å²) in [6.45, 7) is 4.39. The third-order valence-electron chi connectivity index (χ3n) is 3.84. The number of carbonyl (C=O) groups is 1. The Bertz CT molecular complexity index is 473. The second-order valence-electron chi connectivity index (χ2n) is 5.42. The number of benzene rings is 1. The highest BCUT2D eigenvalue weighted by molar-refractivity contribution is 5.82. The zero-order valence-corrected chi connectivity index (χ0v) is 11.7. The van der Waals surface area contributed by atoms with Crippen molar-refractivity contribution < 1.29 is 13.6 Å². The molecule has 0 bridgehead atoms. The van der Waals surface area contributed by atoms with E-state index in [4.69, 9.17) is 0 Å². The van der Waals surface area contributed by atoms with Gasteiger partial charge in [0, 0.05) is 5.56 Å². The standard InChI is InChI=1S/C15H20F2N2O/c1-9-5-4-8-18-14(9)15(20)19-10(2)13-11(16)6-3-7-12(13)17/h3,6-7,9-10,14,18H,4-5,8H2,1-2H3,(H,19,20). The first kappa shape index (κ1) is 14.9. The molecule has 1 amide bonds. The van der Waals surface area contributed by atoms with Crippen molar-refractivity contribution >= 4 is 5.91 Å². The summed E-state index contributed by atoms with van der Waals surface area (Å²) in [5.74, 6) is -1.25. The van der Waals surface area contributed by atoms with Crippen LogP contribution in [-0.2, 0) is 4.79 Å². The molecule has 1 heterocycles. The number of rotatable bonds is 3. The van der Waals surface area contributed by atoms with Crippen LogP contribution in [0.2, 0.25) is 0 Å². The maximum Gasteiger partial charge on any atom is 0.237 e. The molecule has 20 heavy (non-hydrogen) atoms. The fourth-order valence-electron chi connectivity index (χ4n) is 2.70. The SMILES string of the molecule is CC(NC(=O)C1NCCCC1C)c1c(F)cccc1F. The molecule has 2 N–H and O–H groups in total. The molecule has 1 aromatic carbocycles. The van der Waals surface area contributed by atoms with Crippen LogP contribution >= 0.6 is 0 Å². The van der Waals surface area contributed by atoms with Crippen molar-refractivity contribution in [3.05, 3.63) is 35.4 Å². The zero-order valence-electron chi connectivity index (χ0n) is 11.7. The Kier molecular flexibility index (Phi) is 4.70. The van der Waals surface area contributed by atoms with Gasteiger partial charge in [-0.3, -0.25) is 4.79 Å². The molecule has 5 heteroatoms. The van der Waals surface area contributed by atoms with E-state index < -0.39 is 17.7 Å². The monoisotopic (exact) mass is 282 g/mol. The fourth-order valence-corrected chi connectivity index (χ4v) is 2.70. The molecule has 110 valence electrons. The minimum Gasteiger partial charge on any atom is -0.348 e. The molecule has 0 spiro atoms. The van der Waals surface area contributed by atoms with Crippen LogP contribution in [0.1, 0.15) is 38.3 Å². The molecule has 3 unspecified atom stereocenters. The predicted molar refractivity (Wildman–Crippen MR) is 73.1 cm³/mol. The van der Waals surface area contributed by atoms with Gasteiger partial charge in [0.05, 0.1) is 12.1 Å². The minimum atomic E-state index is -0.695. The molecule has 3 nitrogen and oxygen atoms in total. The summed E-state index contributed by atoms with van der Waals surface area (Å²) >= 11 is 0. The Morgan fingerprint density at radius 1 is 1.40 bits per heavy atom. The molecule has 1 aliphatic rings. The van der Waals surface area contributed by atoms with Crippen molar-refractivity contribution in [2.24, 2.45) is 5.92 Å². The molecular weight excluding hydrogens is 262 g/mol. The van der Waals surface area contributed by atoms with E-state index in [2.05, 4.69) is 10.6 Å². The number of piperidine rings is 1. The second-order valence-corrected chi connectivity index (χ2v) is 5.42. The van der Waals surface area contributed by atoms with Gasteiger partial charge in [-0.2, -0.15) is 0 Å². The lowest BCUT2D eigenvalue weighted by Gasteiger charge is -2.30. The van der Waals surface area contributed by atoms with Crippen LogP contribution in [-0.4, -0.2) is 18.5 Å². The Hall–Kier alpha value is -1.49. The van der Waals surface area contributed by atoms with Crippen LogP contribution < -0.4 is 10.6 Å². The lowest BCUT2D eigenvalue weighted by atomic mass is 9.92. The van der Waals surface area contributed by atoms with Crippen molar-refractivity contribution in [2.45, 2.75) is 38.8 Å². The van der Waals surface area contributed by atoms with Gasteiger partial charge in [-0.1, -0.05) is 13.0 Å². The van der Waals surface area contributed by atoms with Gasteiger partial charge < -0.3 is 10.6 Å². The number of amides is 1. The quantitative estimate of drug-likeness (QED) is 0.894. The number of nitrogens with one attached hydrogen (secondary N) is 2. The van der Waals surface area contributed by atoms with Gasteiger partial charge in [-0.15, -0.1) is 0 Å². The molecule has 0 aliphatic carbocycles. The van der Waals surface area contributed by atoms with Crippen molar-refractivity contribution in [1.29, 1.82) is 0 Å². The molecule has 0 saturated carbocycles. The number of hydrogen-bond acceptors (Lipinski definition) is 2. The van der Waals surface area contributed by atoms with Gasteiger partial charge in [0.15, 0.2) is 0 Å². The van der Waals surface area contributed by atoms with Crippen molar-refractivity contribution in [3.63, 3.8) is 0 Å². The van der Waals surface area contributed by atoms with E-state index in [1.165, 1.54) is 18.2 Å². The topological polar surface area (TPSA) is 41.1 Å². The molecule has 1 fully saturated rings. The fraction of sp³-hybridized carbons (Fsp3) is 0.533. The van der Waals surface area contributed by atoms with Gasteiger partial charge in [0.1, 0.15) is 11.6 Å². The lowest BCUT2D eigenvalue weighted by molar-refractivity contribution is -0.125. The summed E-state index contributed by atoms with van der Waals surface area (Å²) in [4.78, 5) is 12.2. The second kappa shape index (κ2) is 6.31. The Morgan fingerprint density at radius 3 is 2.65 bits per heavy atom. The Balaban J connectivity index is 2.07. The Labute approximate surface area is 117 Å². The molecule has 1 aliphatic heterocycles. The number of carbonyl (C=O) groups excluding carboxylic acids is 1. The summed E-state index contributed by atoms with van der Waals surface area (Å²) in [6, 6.07) is 2.72. The minimum absolute atomic E-state index is 0.0932. The molecule has 0 radical (unpaired) electrons. The van der Waals surface area contributed by atoms with Crippen molar-refractivity contribution in [1.82, 2.24) is 10.6 Å². The molecule has 2 rings (SSSR count). The maximum absolute atomic E-state index is 13.7. The van der Waals surface area contributed by atoms with Gasteiger partial charge in [0.2, 0.25) is 5.91 Å². The summed E-state index contributed by atoms with van der Waals surface area (Å²) in [5, 5.41) is 5.85. The first-order chi connectivity index (χ1) is 9.50. The third-order valence-corrected chi connectivity index (χ3v) is 3.84. The lowest BCUT2D eigenvalue weighted by Crippen LogP contribution is -2.51. The predicted octanol–water partition coefficient (Wildman–Crippen LogP) is 2.53. The van der Waals surface area contributed by atoms with Crippen LogP contribution in [0, 0.1) is 17.6 Å². The molecular formula is C15H20F2N2O. The van der Waals surface area contributed by atoms with Crippen molar-refractivity contribution in [2.75, 3.05) is 6.54 Å².